The van der Waals surface area contributed by atoms with Crippen molar-refractivity contribution < 1.29 is 26.6 Å². The smallest absolute Gasteiger partial charge is 0.269 e. The second kappa shape index (κ2) is 10.5. The summed E-state index contributed by atoms with van der Waals surface area (Å²) in [5.41, 5.74) is 0.822. The van der Waals surface area contributed by atoms with Crippen LogP contribution in [0.1, 0.15) is 42.7 Å². The fourth-order valence-electron chi connectivity index (χ4n) is 4.34. The molecule has 1 aromatic carbocycles. The van der Waals surface area contributed by atoms with E-state index in [2.05, 4.69) is 4.98 Å². The highest BCUT2D eigenvalue weighted by Crippen LogP contribution is 2.37. The maximum Gasteiger partial charge on any atom is 0.269 e. The minimum atomic E-state index is -4.23. The topological polar surface area (TPSA) is 146 Å². The number of carbonyl (C=O) groups excluding carboxylic acids is 1. The van der Waals surface area contributed by atoms with Gasteiger partial charge in [0.05, 0.1) is 21.9 Å². The third-order valence-corrected chi connectivity index (χ3v) is 10.1. The summed E-state index contributed by atoms with van der Waals surface area (Å²) < 4.78 is 55.7. The van der Waals surface area contributed by atoms with Gasteiger partial charge in [0.2, 0.25) is 5.78 Å². The molecule has 10 nitrogen and oxygen atoms in total. The first-order chi connectivity index (χ1) is 18.0. The highest BCUT2D eigenvalue weighted by atomic mass is 32.2. The molecule has 0 atom stereocenters. The van der Waals surface area contributed by atoms with Crippen molar-refractivity contribution in [3.8, 4) is 11.1 Å². The zero-order valence-electron chi connectivity index (χ0n) is 20.7. The molecule has 0 N–H and O–H groups in total. The summed E-state index contributed by atoms with van der Waals surface area (Å²) in [7, 11) is -8.36. The van der Waals surface area contributed by atoms with E-state index in [1.165, 1.54) is 22.7 Å². The van der Waals surface area contributed by atoms with E-state index < -0.39 is 40.2 Å². The SMILES string of the molecule is CCCS(=O)(=O)c1c(S(=O)(=O)CCC)c2cc(-c3ccncc3)ccn2c1C(=O)c1ccc([N+](=O)[O-])cc1. The Morgan fingerprint density at radius 2 is 1.45 bits per heavy atom. The van der Waals surface area contributed by atoms with Crippen LogP contribution in [-0.4, -0.2) is 48.4 Å². The van der Waals surface area contributed by atoms with Gasteiger partial charge >= 0.3 is 0 Å². The number of nitrogens with zero attached hydrogens (tertiary/aromatic N) is 3. The molecule has 4 rings (SSSR count). The summed E-state index contributed by atoms with van der Waals surface area (Å²) in [6, 6.07) is 11.4. The van der Waals surface area contributed by atoms with Crippen LogP contribution in [0.2, 0.25) is 0 Å². The molecule has 0 radical (unpaired) electrons. The van der Waals surface area contributed by atoms with Gasteiger partial charge < -0.3 is 4.40 Å². The maximum absolute atomic E-state index is 13.8. The first kappa shape index (κ1) is 27.1. The lowest BCUT2D eigenvalue weighted by Gasteiger charge is -2.09. The Labute approximate surface area is 220 Å². The third-order valence-electron chi connectivity index (χ3n) is 5.99. The van der Waals surface area contributed by atoms with E-state index in [4.69, 9.17) is 0 Å². The van der Waals surface area contributed by atoms with Crippen LogP contribution in [0.3, 0.4) is 0 Å². The van der Waals surface area contributed by atoms with E-state index in [0.717, 1.165) is 17.7 Å². The zero-order valence-corrected chi connectivity index (χ0v) is 22.3. The molecule has 0 spiro atoms. The minimum absolute atomic E-state index is 0.0133. The number of hydrogen-bond acceptors (Lipinski definition) is 8. The molecule has 12 heteroatoms. The van der Waals surface area contributed by atoms with Crippen molar-refractivity contribution in [1.82, 2.24) is 9.38 Å². The Kier molecular flexibility index (Phi) is 7.47. The Morgan fingerprint density at radius 1 is 0.868 bits per heavy atom. The summed E-state index contributed by atoms with van der Waals surface area (Å²) in [6.07, 6.45) is 5.07. The highest BCUT2D eigenvalue weighted by molar-refractivity contribution is 7.94. The van der Waals surface area contributed by atoms with Gasteiger partial charge in [0.15, 0.2) is 19.7 Å². The minimum Gasteiger partial charge on any atom is -0.311 e. The van der Waals surface area contributed by atoms with Crippen molar-refractivity contribution in [2.45, 2.75) is 36.5 Å². The number of sulfone groups is 2. The number of non-ortho nitro benzene ring substituents is 1. The second-order valence-electron chi connectivity index (χ2n) is 8.68. The van der Waals surface area contributed by atoms with Gasteiger partial charge in [-0.05, 0) is 60.4 Å². The van der Waals surface area contributed by atoms with E-state index in [1.54, 1.807) is 50.5 Å². The molecular formula is C26H25N3O7S2. The van der Waals surface area contributed by atoms with Gasteiger partial charge in [-0.15, -0.1) is 0 Å². The monoisotopic (exact) mass is 555 g/mol. The number of benzene rings is 1. The maximum atomic E-state index is 13.8. The Bertz CT molecular complexity index is 1740. The standard InChI is InChI=1S/C26H25N3O7S2/c1-3-15-37(33,34)25-22-17-20(18-9-12-27-13-10-18)11-14-28(22)23(26(25)38(35,36)16-4-2)24(30)19-5-7-21(8-6-19)29(31)32/h5-14,17H,3-4,15-16H2,1-2H3. The number of hydrogen-bond donors (Lipinski definition) is 0. The molecule has 0 bridgehead atoms. The lowest BCUT2D eigenvalue weighted by atomic mass is 10.1. The van der Waals surface area contributed by atoms with Crippen LogP contribution < -0.4 is 0 Å². The van der Waals surface area contributed by atoms with Crippen molar-refractivity contribution in [2.75, 3.05) is 11.5 Å². The van der Waals surface area contributed by atoms with Gasteiger partial charge in [-0.3, -0.25) is 19.9 Å². The molecule has 0 fully saturated rings. The van der Waals surface area contributed by atoms with E-state index in [9.17, 15) is 31.7 Å². The predicted octanol–water partition coefficient (Wildman–Crippen LogP) is 4.51. The average Bonchev–Trinajstić information content (AvgIpc) is 3.25. The van der Waals surface area contributed by atoms with Crippen LogP contribution >= 0.6 is 0 Å². The summed E-state index contributed by atoms with van der Waals surface area (Å²) in [6.45, 7) is 3.31. The lowest BCUT2D eigenvalue weighted by Crippen LogP contribution is -2.17. The molecule has 38 heavy (non-hydrogen) atoms. The number of ketones is 1. The Hall–Kier alpha value is -3.90. The molecule has 3 aromatic heterocycles. The van der Waals surface area contributed by atoms with Crippen LogP contribution in [0.25, 0.3) is 16.6 Å². The number of carbonyl (C=O) groups is 1. The Balaban J connectivity index is 2.12. The van der Waals surface area contributed by atoms with Gasteiger partial charge in [-0.25, -0.2) is 16.8 Å². The normalized spacial score (nSPS) is 12.1. The van der Waals surface area contributed by atoms with Crippen LogP contribution in [0.15, 0.2) is 76.9 Å². The quantitative estimate of drug-likeness (QED) is 0.158. The van der Waals surface area contributed by atoms with Crippen LogP contribution in [0.4, 0.5) is 5.69 Å². The van der Waals surface area contributed by atoms with Gasteiger partial charge in [-0.1, -0.05) is 13.8 Å². The number of pyridine rings is 2. The van der Waals surface area contributed by atoms with Gasteiger partial charge in [0.25, 0.3) is 5.69 Å². The fraction of sp³-hybridized carbons (Fsp3) is 0.231. The highest BCUT2D eigenvalue weighted by Gasteiger charge is 2.37. The van der Waals surface area contributed by atoms with Crippen molar-refractivity contribution >= 4 is 36.7 Å². The van der Waals surface area contributed by atoms with Crippen LogP contribution in [-0.2, 0) is 19.7 Å². The molecule has 0 amide bonds. The number of nitro groups is 1. The Morgan fingerprint density at radius 3 is 2.00 bits per heavy atom. The first-order valence-corrected chi connectivity index (χ1v) is 15.2. The first-order valence-electron chi connectivity index (χ1n) is 11.8. The molecular weight excluding hydrogens is 530 g/mol. The van der Waals surface area contributed by atoms with Gasteiger partial charge in [-0.2, -0.15) is 0 Å². The largest absolute Gasteiger partial charge is 0.311 e. The molecule has 0 saturated heterocycles. The number of fused-ring (bicyclic) bond motifs is 1. The molecule has 0 aliphatic heterocycles. The van der Waals surface area contributed by atoms with Crippen molar-refractivity contribution in [3.63, 3.8) is 0 Å². The van der Waals surface area contributed by atoms with E-state index in [-0.39, 0.29) is 46.8 Å². The van der Waals surface area contributed by atoms with Crippen molar-refractivity contribution in [3.05, 3.63) is 88.5 Å². The molecule has 0 saturated carbocycles. The van der Waals surface area contributed by atoms with Crippen molar-refractivity contribution in [2.24, 2.45) is 0 Å². The van der Waals surface area contributed by atoms with E-state index >= 15 is 0 Å². The molecule has 3 heterocycles. The summed E-state index contributed by atoms with van der Waals surface area (Å²) in [5, 5.41) is 11.1. The average molecular weight is 556 g/mol. The number of rotatable bonds is 10. The molecule has 4 aromatic rings. The third kappa shape index (κ3) is 4.96. The number of aromatic nitrogens is 2. The van der Waals surface area contributed by atoms with Crippen molar-refractivity contribution in [1.29, 1.82) is 0 Å². The molecule has 198 valence electrons. The van der Waals surface area contributed by atoms with Gasteiger partial charge in [0, 0.05) is 36.3 Å². The van der Waals surface area contributed by atoms with Crippen LogP contribution in [0.5, 0.6) is 0 Å². The summed E-state index contributed by atoms with van der Waals surface area (Å²) in [5.74, 6) is -1.44. The predicted molar refractivity (Wildman–Crippen MR) is 142 cm³/mol. The summed E-state index contributed by atoms with van der Waals surface area (Å²) in [4.78, 5) is 27.3. The van der Waals surface area contributed by atoms with E-state index in [0.29, 0.717) is 5.56 Å². The lowest BCUT2D eigenvalue weighted by molar-refractivity contribution is -0.384. The molecule has 0 aliphatic rings. The molecule has 0 aliphatic carbocycles. The zero-order chi connectivity index (χ0) is 27.7. The molecule has 0 unspecified atom stereocenters. The second-order valence-corrected chi connectivity index (χ2v) is 12.8. The van der Waals surface area contributed by atoms with E-state index in [1.807, 2.05) is 0 Å². The summed E-state index contributed by atoms with van der Waals surface area (Å²) >= 11 is 0. The number of nitro benzene ring substituents is 1. The fourth-order valence-corrected chi connectivity index (χ4v) is 8.31. The van der Waals surface area contributed by atoms with Crippen LogP contribution in [0, 0.1) is 10.1 Å². The van der Waals surface area contributed by atoms with Gasteiger partial charge in [0.1, 0.15) is 15.5 Å².